The van der Waals surface area contributed by atoms with Crippen molar-refractivity contribution in [3.63, 3.8) is 0 Å². The lowest BCUT2D eigenvalue weighted by atomic mass is 9.82. The fourth-order valence-electron chi connectivity index (χ4n) is 3.40. The van der Waals surface area contributed by atoms with Gasteiger partial charge in [-0.1, -0.05) is 49.6 Å². The standard InChI is InChI=1S/C19H25N3O2/c1-15-12-17(22(21-15)14-16-8-4-2-5-9-16)20-18(23)13-19(24)10-6-3-7-11-19/h2,4-5,8-9,12,24H,3,6-7,10-11,13-14H2,1H3,(H,20,23). The first kappa shape index (κ1) is 16.7. The van der Waals surface area contributed by atoms with Crippen molar-refractivity contribution in [2.75, 3.05) is 5.32 Å². The van der Waals surface area contributed by atoms with Crippen molar-refractivity contribution < 1.29 is 9.90 Å². The third-order valence-corrected chi connectivity index (χ3v) is 4.62. The second-order valence-electron chi connectivity index (χ2n) is 6.82. The topological polar surface area (TPSA) is 67.2 Å². The number of aromatic nitrogens is 2. The smallest absolute Gasteiger partial charge is 0.228 e. The van der Waals surface area contributed by atoms with Gasteiger partial charge in [0.1, 0.15) is 5.82 Å². The Kier molecular flexibility index (Phi) is 5.00. The molecule has 1 aromatic carbocycles. The number of amides is 1. The van der Waals surface area contributed by atoms with E-state index in [1.54, 1.807) is 4.68 Å². The first-order chi connectivity index (χ1) is 11.5. The molecule has 5 heteroatoms. The van der Waals surface area contributed by atoms with E-state index in [1.807, 2.05) is 43.3 Å². The average Bonchev–Trinajstić information content (AvgIpc) is 2.87. The number of anilines is 1. The highest BCUT2D eigenvalue weighted by Gasteiger charge is 2.31. The van der Waals surface area contributed by atoms with Crippen molar-refractivity contribution in [1.29, 1.82) is 0 Å². The molecule has 0 atom stereocenters. The lowest BCUT2D eigenvalue weighted by molar-refractivity contribution is -0.122. The molecule has 2 N–H and O–H groups in total. The molecule has 0 bridgehead atoms. The average molecular weight is 327 g/mol. The summed E-state index contributed by atoms with van der Waals surface area (Å²) in [4.78, 5) is 12.4. The molecule has 1 aliphatic rings. The third-order valence-electron chi connectivity index (χ3n) is 4.62. The summed E-state index contributed by atoms with van der Waals surface area (Å²) in [5.74, 6) is 0.536. The minimum absolute atomic E-state index is 0.145. The Balaban J connectivity index is 1.67. The van der Waals surface area contributed by atoms with E-state index in [-0.39, 0.29) is 12.3 Å². The molecule has 1 fully saturated rings. The number of nitrogens with zero attached hydrogens (tertiary/aromatic N) is 2. The highest BCUT2D eigenvalue weighted by Crippen LogP contribution is 2.31. The number of benzene rings is 1. The monoisotopic (exact) mass is 327 g/mol. The largest absolute Gasteiger partial charge is 0.389 e. The molecule has 1 amide bonds. The van der Waals surface area contributed by atoms with Crippen molar-refractivity contribution in [1.82, 2.24) is 9.78 Å². The van der Waals surface area contributed by atoms with Crippen LogP contribution in [0.15, 0.2) is 36.4 Å². The molecule has 0 saturated heterocycles. The fraction of sp³-hybridized carbons (Fsp3) is 0.474. The van der Waals surface area contributed by atoms with E-state index >= 15 is 0 Å². The number of rotatable bonds is 5. The number of aryl methyl sites for hydroxylation is 1. The zero-order valence-corrected chi connectivity index (χ0v) is 14.2. The number of carbonyl (C=O) groups is 1. The summed E-state index contributed by atoms with van der Waals surface area (Å²) in [6, 6.07) is 11.9. The Labute approximate surface area is 142 Å². The molecule has 0 spiro atoms. The van der Waals surface area contributed by atoms with Gasteiger partial charge in [0, 0.05) is 6.07 Å². The summed E-state index contributed by atoms with van der Waals surface area (Å²) < 4.78 is 1.80. The lowest BCUT2D eigenvalue weighted by Gasteiger charge is -2.31. The fourth-order valence-corrected chi connectivity index (χ4v) is 3.40. The van der Waals surface area contributed by atoms with Crippen LogP contribution in [0, 0.1) is 6.92 Å². The summed E-state index contributed by atoms with van der Waals surface area (Å²) in [5.41, 5.74) is 1.14. The lowest BCUT2D eigenvalue weighted by Crippen LogP contribution is -2.36. The zero-order chi connectivity index (χ0) is 17.0. The van der Waals surface area contributed by atoms with Crippen molar-refractivity contribution in [2.24, 2.45) is 0 Å². The molecule has 0 aliphatic heterocycles. The molecule has 1 aliphatic carbocycles. The molecule has 1 heterocycles. The van der Waals surface area contributed by atoms with Gasteiger partial charge in [-0.2, -0.15) is 5.10 Å². The maximum atomic E-state index is 12.4. The maximum absolute atomic E-state index is 12.4. The predicted octanol–water partition coefficient (Wildman–Crippen LogP) is 3.26. The van der Waals surface area contributed by atoms with Gasteiger partial charge in [0.2, 0.25) is 5.91 Å². The molecule has 2 aromatic rings. The zero-order valence-electron chi connectivity index (χ0n) is 14.2. The maximum Gasteiger partial charge on any atom is 0.228 e. The highest BCUT2D eigenvalue weighted by atomic mass is 16.3. The van der Waals surface area contributed by atoms with E-state index in [0.29, 0.717) is 25.2 Å². The number of aliphatic hydroxyl groups is 1. The van der Waals surface area contributed by atoms with E-state index in [9.17, 15) is 9.90 Å². The van der Waals surface area contributed by atoms with Crippen LogP contribution in [0.3, 0.4) is 0 Å². The van der Waals surface area contributed by atoms with Crippen LogP contribution in [-0.2, 0) is 11.3 Å². The first-order valence-electron chi connectivity index (χ1n) is 8.65. The Bertz CT molecular complexity index is 688. The van der Waals surface area contributed by atoms with Crippen LogP contribution in [0.2, 0.25) is 0 Å². The molecule has 24 heavy (non-hydrogen) atoms. The number of carbonyl (C=O) groups excluding carboxylic acids is 1. The van der Waals surface area contributed by atoms with Crippen LogP contribution in [-0.4, -0.2) is 26.4 Å². The van der Waals surface area contributed by atoms with E-state index in [4.69, 9.17) is 0 Å². The molecular formula is C19H25N3O2. The van der Waals surface area contributed by atoms with Gasteiger partial charge in [-0.15, -0.1) is 0 Å². The summed E-state index contributed by atoms with van der Waals surface area (Å²) in [7, 11) is 0. The molecule has 5 nitrogen and oxygen atoms in total. The summed E-state index contributed by atoms with van der Waals surface area (Å²) in [6.45, 7) is 2.51. The summed E-state index contributed by atoms with van der Waals surface area (Å²) in [5, 5.41) is 17.9. The van der Waals surface area contributed by atoms with E-state index in [2.05, 4.69) is 10.4 Å². The third kappa shape index (κ3) is 4.23. The normalized spacial score (nSPS) is 16.8. The van der Waals surface area contributed by atoms with Crippen LogP contribution >= 0.6 is 0 Å². The number of hydrogen-bond donors (Lipinski definition) is 2. The number of hydrogen-bond acceptors (Lipinski definition) is 3. The van der Waals surface area contributed by atoms with Gasteiger partial charge >= 0.3 is 0 Å². The second kappa shape index (κ2) is 7.18. The number of nitrogens with one attached hydrogen (secondary N) is 1. The molecular weight excluding hydrogens is 302 g/mol. The van der Waals surface area contributed by atoms with E-state index in [1.165, 1.54) is 0 Å². The van der Waals surface area contributed by atoms with Crippen molar-refractivity contribution in [3.05, 3.63) is 47.7 Å². The van der Waals surface area contributed by atoms with Gasteiger partial charge in [-0.3, -0.25) is 4.79 Å². The SMILES string of the molecule is Cc1cc(NC(=O)CC2(O)CCCCC2)n(Cc2ccccc2)n1. The highest BCUT2D eigenvalue weighted by molar-refractivity contribution is 5.90. The van der Waals surface area contributed by atoms with Gasteiger partial charge in [-0.05, 0) is 25.3 Å². The van der Waals surface area contributed by atoms with E-state index in [0.717, 1.165) is 30.5 Å². The van der Waals surface area contributed by atoms with Crippen LogP contribution in [0.25, 0.3) is 0 Å². The van der Waals surface area contributed by atoms with Crippen LogP contribution in [0.4, 0.5) is 5.82 Å². The Hall–Kier alpha value is -2.14. The summed E-state index contributed by atoms with van der Waals surface area (Å²) >= 11 is 0. The van der Waals surface area contributed by atoms with Gasteiger partial charge in [-0.25, -0.2) is 4.68 Å². The van der Waals surface area contributed by atoms with Gasteiger partial charge in [0.15, 0.2) is 0 Å². The Morgan fingerprint density at radius 3 is 2.67 bits per heavy atom. The van der Waals surface area contributed by atoms with Crippen LogP contribution < -0.4 is 5.32 Å². The minimum atomic E-state index is -0.846. The molecule has 0 radical (unpaired) electrons. The Morgan fingerprint density at radius 2 is 1.96 bits per heavy atom. The van der Waals surface area contributed by atoms with Gasteiger partial charge in [0.25, 0.3) is 0 Å². The van der Waals surface area contributed by atoms with Crippen molar-refractivity contribution in [2.45, 2.75) is 57.6 Å². The molecule has 0 unspecified atom stereocenters. The Morgan fingerprint density at radius 1 is 1.25 bits per heavy atom. The van der Waals surface area contributed by atoms with Gasteiger partial charge in [0.05, 0.1) is 24.3 Å². The van der Waals surface area contributed by atoms with Crippen LogP contribution in [0.5, 0.6) is 0 Å². The molecule has 3 rings (SSSR count). The quantitative estimate of drug-likeness (QED) is 0.886. The van der Waals surface area contributed by atoms with Crippen LogP contribution in [0.1, 0.15) is 49.8 Å². The summed E-state index contributed by atoms with van der Waals surface area (Å²) in [6.07, 6.45) is 4.71. The van der Waals surface area contributed by atoms with Gasteiger partial charge < -0.3 is 10.4 Å². The molecule has 1 saturated carbocycles. The first-order valence-corrected chi connectivity index (χ1v) is 8.65. The van der Waals surface area contributed by atoms with Crippen molar-refractivity contribution in [3.8, 4) is 0 Å². The molecule has 1 aromatic heterocycles. The van der Waals surface area contributed by atoms with Crippen molar-refractivity contribution >= 4 is 11.7 Å². The minimum Gasteiger partial charge on any atom is -0.389 e. The molecule has 128 valence electrons. The van der Waals surface area contributed by atoms with E-state index < -0.39 is 5.60 Å². The second-order valence-corrected chi connectivity index (χ2v) is 6.82. The predicted molar refractivity (Wildman–Crippen MR) is 93.8 cm³/mol.